The quantitative estimate of drug-likeness (QED) is 0.291. The van der Waals surface area contributed by atoms with Gasteiger partial charge in [-0.3, -0.25) is 14.2 Å². The Labute approximate surface area is 225 Å². The number of carbonyl (C=O) groups excluding carboxylic acids is 1. The van der Waals surface area contributed by atoms with Gasteiger partial charge in [-0.2, -0.15) is 0 Å². The van der Waals surface area contributed by atoms with E-state index in [1.165, 1.54) is 12.1 Å². The lowest BCUT2D eigenvalue weighted by Gasteiger charge is -2.35. The molecule has 0 bridgehead atoms. The van der Waals surface area contributed by atoms with E-state index >= 15 is 0 Å². The van der Waals surface area contributed by atoms with Crippen molar-refractivity contribution in [2.24, 2.45) is 11.7 Å². The number of nitrogens with zero attached hydrogens (tertiary/aromatic N) is 3. The molecule has 0 spiro atoms. The van der Waals surface area contributed by atoms with E-state index in [1.54, 1.807) is 27.7 Å². The summed E-state index contributed by atoms with van der Waals surface area (Å²) in [7, 11) is 0. The van der Waals surface area contributed by atoms with Gasteiger partial charge >= 0.3 is 0 Å². The molecule has 0 radical (unpaired) electrons. The molecular weight excluding hydrogens is 495 g/mol. The highest BCUT2D eigenvalue weighted by Gasteiger charge is 2.33. The summed E-state index contributed by atoms with van der Waals surface area (Å²) in [5.41, 5.74) is 8.72. The molecule has 2 heterocycles. The summed E-state index contributed by atoms with van der Waals surface area (Å²) in [5, 5.41) is 0.536. The van der Waals surface area contributed by atoms with Gasteiger partial charge < -0.3 is 15.1 Å². The Hall–Kier alpha value is -4.30. The van der Waals surface area contributed by atoms with E-state index in [2.05, 4.69) is 0 Å². The number of rotatable bonds is 8. The molecule has 1 amide bonds. The van der Waals surface area contributed by atoms with Gasteiger partial charge in [-0.15, -0.1) is 0 Å². The van der Waals surface area contributed by atoms with Crippen molar-refractivity contribution in [1.82, 2.24) is 14.5 Å². The second kappa shape index (κ2) is 10.8. The fourth-order valence-corrected chi connectivity index (χ4v) is 5.02. The molecule has 2 N–H and O–H groups in total. The van der Waals surface area contributed by atoms with E-state index in [9.17, 15) is 14.0 Å². The Kier molecular flexibility index (Phi) is 7.30. The first kappa shape index (κ1) is 26.3. The number of amides is 1. The van der Waals surface area contributed by atoms with Crippen LogP contribution in [-0.4, -0.2) is 33.4 Å². The van der Waals surface area contributed by atoms with Gasteiger partial charge in [-0.25, -0.2) is 9.37 Å². The van der Waals surface area contributed by atoms with E-state index < -0.39 is 17.4 Å². The molecule has 1 unspecified atom stereocenters. The lowest BCUT2D eigenvalue weighted by atomic mass is 9.99. The summed E-state index contributed by atoms with van der Waals surface area (Å²) in [6.07, 6.45) is 0. The predicted molar refractivity (Wildman–Crippen MR) is 150 cm³/mol. The number of halogens is 1. The van der Waals surface area contributed by atoms with Crippen molar-refractivity contribution >= 4 is 28.0 Å². The number of nitrogens with two attached hydrogens (primary N) is 1. The van der Waals surface area contributed by atoms with Crippen molar-refractivity contribution in [2.45, 2.75) is 33.4 Å². The zero-order valence-electron chi connectivity index (χ0n) is 22.2. The SMILES string of the molecule is Cc1ccc(C(=O)N(CCN)C(c2nc3c(oc4cc(F)ccc43)c(=O)n2Cc2ccccc2)C(C)C)cc1. The number of carbonyl (C=O) groups is 1. The fourth-order valence-electron chi connectivity index (χ4n) is 5.02. The molecule has 5 rings (SSSR count). The number of furan rings is 1. The molecule has 8 heteroatoms. The van der Waals surface area contributed by atoms with Gasteiger partial charge in [0.15, 0.2) is 0 Å². The van der Waals surface area contributed by atoms with Crippen molar-refractivity contribution in [2.75, 3.05) is 13.1 Å². The summed E-state index contributed by atoms with van der Waals surface area (Å²) >= 11 is 0. The topological polar surface area (TPSA) is 94.4 Å². The lowest BCUT2D eigenvalue weighted by Crippen LogP contribution is -2.43. The number of benzene rings is 3. The number of aromatic nitrogens is 2. The first-order chi connectivity index (χ1) is 18.8. The molecule has 2 aromatic heterocycles. The molecule has 200 valence electrons. The molecule has 0 aliphatic rings. The van der Waals surface area contributed by atoms with E-state index in [0.717, 1.165) is 11.1 Å². The maximum absolute atomic E-state index is 14.0. The van der Waals surface area contributed by atoms with Gasteiger partial charge in [-0.1, -0.05) is 61.9 Å². The minimum Gasteiger partial charge on any atom is -0.448 e. The molecule has 0 saturated carbocycles. The van der Waals surface area contributed by atoms with Crippen LogP contribution in [0, 0.1) is 18.7 Å². The van der Waals surface area contributed by atoms with Gasteiger partial charge in [0.05, 0.1) is 12.6 Å². The van der Waals surface area contributed by atoms with Crippen LogP contribution >= 0.6 is 0 Å². The van der Waals surface area contributed by atoms with Gasteiger partial charge in [0, 0.05) is 30.1 Å². The third-order valence-electron chi connectivity index (χ3n) is 6.91. The third kappa shape index (κ3) is 5.07. The van der Waals surface area contributed by atoms with E-state index in [-0.39, 0.29) is 42.6 Å². The third-order valence-corrected chi connectivity index (χ3v) is 6.91. The van der Waals surface area contributed by atoms with Crippen molar-refractivity contribution < 1.29 is 13.6 Å². The number of fused-ring (bicyclic) bond motifs is 3. The Balaban J connectivity index is 1.76. The fraction of sp³-hybridized carbons (Fsp3) is 0.258. The highest BCUT2D eigenvalue weighted by molar-refractivity contribution is 6.02. The van der Waals surface area contributed by atoms with Crippen molar-refractivity contribution in [3.8, 4) is 0 Å². The Morgan fingerprint density at radius 1 is 1.08 bits per heavy atom. The molecule has 7 nitrogen and oxygen atoms in total. The van der Waals surface area contributed by atoms with Crippen LogP contribution in [0.5, 0.6) is 0 Å². The minimum atomic E-state index is -0.575. The Bertz CT molecular complexity index is 1690. The van der Waals surface area contributed by atoms with Gasteiger partial charge in [0.1, 0.15) is 22.7 Å². The molecule has 5 aromatic rings. The first-order valence-electron chi connectivity index (χ1n) is 13.0. The maximum atomic E-state index is 14.0. The van der Waals surface area contributed by atoms with Crippen LogP contribution in [0.4, 0.5) is 4.39 Å². The molecular formula is C31H31FN4O3. The van der Waals surface area contributed by atoms with Crippen LogP contribution in [-0.2, 0) is 6.54 Å². The van der Waals surface area contributed by atoms with Crippen molar-refractivity contribution in [1.29, 1.82) is 0 Å². The summed E-state index contributed by atoms with van der Waals surface area (Å²) in [5.74, 6) is -0.358. The maximum Gasteiger partial charge on any atom is 0.297 e. The number of hydrogen-bond donors (Lipinski definition) is 1. The number of hydrogen-bond acceptors (Lipinski definition) is 5. The predicted octanol–water partition coefficient (Wildman–Crippen LogP) is 5.44. The Morgan fingerprint density at radius 2 is 1.79 bits per heavy atom. The van der Waals surface area contributed by atoms with E-state index in [0.29, 0.717) is 22.3 Å². The molecule has 0 aliphatic carbocycles. The molecule has 0 aliphatic heterocycles. The summed E-state index contributed by atoms with van der Waals surface area (Å²) in [6.45, 7) is 6.67. The molecule has 3 aromatic carbocycles. The number of aryl methyl sites for hydroxylation is 1. The normalized spacial score (nSPS) is 12.4. The van der Waals surface area contributed by atoms with Crippen LogP contribution in [0.1, 0.15) is 47.2 Å². The smallest absolute Gasteiger partial charge is 0.297 e. The second-order valence-electron chi connectivity index (χ2n) is 10.1. The zero-order chi connectivity index (χ0) is 27.7. The average molecular weight is 527 g/mol. The van der Waals surface area contributed by atoms with Crippen LogP contribution in [0.2, 0.25) is 0 Å². The Morgan fingerprint density at radius 3 is 2.46 bits per heavy atom. The summed E-state index contributed by atoms with van der Waals surface area (Å²) in [4.78, 5) is 34.6. The standard InChI is InChI=1S/C31H31FN4O3/c1-19(2)27(35(16-15-33)30(37)22-11-9-20(3)10-12-22)29-34-26-24-14-13-23(32)17-25(24)39-28(26)31(38)36(29)18-21-7-5-4-6-8-21/h4-14,17,19,27H,15-16,18,33H2,1-3H3. The minimum absolute atomic E-state index is 0.0491. The van der Waals surface area contributed by atoms with E-state index in [4.69, 9.17) is 15.1 Å². The van der Waals surface area contributed by atoms with Crippen LogP contribution in [0.3, 0.4) is 0 Å². The van der Waals surface area contributed by atoms with Gasteiger partial charge in [0.25, 0.3) is 11.5 Å². The van der Waals surface area contributed by atoms with Crippen molar-refractivity contribution in [3.05, 3.63) is 111 Å². The van der Waals surface area contributed by atoms with Crippen LogP contribution in [0.25, 0.3) is 22.1 Å². The van der Waals surface area contributed by atoms with Gasteiger partial charge in [0.2, 0.25) is 5.58 Å². The average Bonchev–Trinajstić information content (AvgIpc) is 3.28. The second-order valence-corrected chi connectivity index (χ2v) is 10.1. The highest BCUT2D eigenvalue weighted by atomic mass is 19.1. The van der Waals surface area contributed by atoms with Gasteiger partial charge in [-0.05, 0) is 42.7 Å². The lowest BCUT2D eigenvalue weighted by molar-refractivity contribution is 0.0612. The summed E-state index contributed by atoms with van der Waals surface area (Å²) < 4.78 is 21.4. The molecule has 0 saturated heterocycles. The molecule has 39 heavy (non-hydrogen) atoms. The van der Waals surface area contributed by atoms with E-state index in [1.807, 2.05) is 63.2 Å². The van der Waals surface area contributed by atoms with Crippen LogP contribution < -0.4 is 11.3 Å². The monoisotopic (exact) mass is 526 g/mol. The van der Waals surface area contributed by atoms with Crippen LogP contribution in [0.15, 0.2) is 82.0 Å². The largest absolute Gasteiger partial charge is 0.448 e. The van der Waals surface area contributed by atoms with Crippen molar-refractivity contribution in [3.63, 3.8) is 0 Å². The zero-order valence-corrected chi connectivity index (χ0v) is 22.2. The highest BCUT2D eigenvalue weighted by Crippen LogP contribution is 2.32. The molecule has 1 atom stereocenters. The molecule has 0 fully saturated rings. The first-order valence-corrected chi connectivity index (χ1v) is 13.0. The summed E-state index contributed by atoms with van der Waals surface area (Å²) in [6, 6.07) is 20.5.